The summed E-state index contributed by atoms with van der Waals surface area (Å²) in [4.78, 5) is 82.8. The number of nitrogens with one attached hydrogen (secondary N) is 3. The number of aliphatic carboxylic acids is 1. The van der Waals surface area contributed by atoms with Crippen LogP contribution < -0.4 is 21.7 Å². The van der Waals surface area contributed by atoms with Gasteiger partial charge in [-0.1, -0.05) is 29.2 Å². The molecule has 9 rings (SSSR count). The minimum atomic E-state index is -5.00. The summed E-state index contributed by atoms with van der Waals surface area (Å²) in [6.07, 6.45) is -22.0. The normalized spacial score (nSPS) is 16.7. The van der Waals surface area contributed by atoms with Gasteiger partial charge in [-0.05, 0) is 172 Å². The second kappa shape index (κ2) is 43.9. The number of nitrogens with zero attached hydrogens (tertiary/aromatic N) is 11. The summed E-state index contributed by atoms with van der Waals surface area (Å²) >= 11 is 0. The molecule has 3 fully saturated rings. The molecule has 24 nitrogen and oxygen atoms in total. The highest BCUT2D eigenvalue weighted by Crippen LogP contribution is 2.42. The van der Waals surface area contributed by atoms with Crippen LogP contribution in [0.5, 0.6) is 0 Å². The fraction of sp³-hybridized carbons (Fsp3) is 0.514. The summed E-state index contributed by atoms with van der Waals surface area (Å²) < 4.78 is 287. The lowest BCUT2D eigenvalue weighted by atomic mass is 9.98. The molecule has 0 spiro atoms. The minimum absolute atomic E-state index is 0. The number of hydrogen-bond acceptors (Lipinski definition) is 16. The van der Waals surface area contributed by atoms with Crippen molar-refractivity contribution in [2.75, 3.05) is 58.9 Å². The molecule has 6 N–H and O–H groups in total. The van der Waals surface area contributed by atoms with E-state index in [2.05, 4.69) is 46.2 Å². The Morgan fingerprint density at radius 2 is 0.790 bits per heavy atom. The smallest absolute Gasteiger partial charge is 0.449 e. The number of carbonyl (C=O) groups excluding carboxylic acids is 5. The fourth-order valence-electron chi connectivity index (χ4n) is 10.5. The van der Waals surface area contributed by atoms with Crippen LogP contribution in [0, 0.1) is 17.8 Å². The van der Waals surface area contributed by atoms with Crippen LogP contribution in [0.3, 0.4) is 0 Å². The number of nitrogens with two attached hydrogens (primary N) is 1. The molecule has 3 aliphatic rings. The van der Waals surface area contributed by atoms with Crippen molar-refractivity contribution >= 4 is 54.4 Å². The minimum Gasteiger partial charge on any atom is -0.478 e. The molecular formula is C74H92F21N15O9. The van der Waals surface area contributed by atoms with Crippen LogP contribution in [0.4, 0.5) is 102 Å². The molecule has 3 saturated heterocycles. The number of ether oxygens (including phenoxy) is 2. The van der Waals surface area contributed by atoms with E-state index in [-0.39, 0.29) is 70.7 Å². The fourth-order valence-corrected chi connectivity index (χ4v) is 10.5. The van der Waals surface area contributed by atoms with E-state index in [1.165, 1.54) is 6.20 Å². The Morgan fingerprint density at radius 3 is 1.06 bits per heavy atom. The maximum Gasteiger partial charge on any atom is 0.449 e. The van der Waals surface area contributed by atoms with Crippen LogP contribution >= 0.6 is 0 Å². The highest BCUT2D eigenvalue weighted by Gasteiger charge is 2.42. The summed E-state index contributed by atoms with van der Waals surface area (Å²) in [5.41, 5.74) is -5.71. The van der Waals surface area contributed by atoms with Crippen molar-refractivity contribution in [2.24, 2.45) is 23.5 Å². The summed E-state index contributed by atoms with van der Waals surface area (Å²) in [5, 5.41) is 28.4. The van der Waals surface area contributed by atoms with Gasteiger partial charge in [0.05, 0.1) is 33.4 Å². The molecule has 664 valence electrons. The van der Waals surface area contributed by atoms with E-state index >= 15 is 0 Å². The SMILES string of the molecule is C.C.C.CC(C)(C)OC(=O)N1CCCC(CN)C1.CC(C)(C)OC(=O)N1CCCC(CNC(=O)/C=C\n2cnc(-c3cc(C(F)(F)F)cc(C(F)(F)F)c3)n2)C1.O=C(/C=C\n1cnc(-c2cc(C(F)(F)F)cc(C(F)(F)F)c2)n1)NCC1CCCNC1.O=C(O)/C=C\n1cnc(-c2cc(C(F)(F)F)cc(C(F)(F)F)c2)n1.[2H]C(C)C(=O)C(F)(F)F. The highest BCUT2D eigenvalue weighted by atomic mass is 19.4. The molecule has 0 bridgehead atoms. The molecule has 4 atom stereocenters. The lowest BCUT2D eigenvalue weighted by Crippen LogP contribution is -2.45. The average Bonchev–Trinajstić information content (AvgIpc) is 1.79. The van der Waals surface area contributed by atoms with Gasteiger partial charge in [-0.2, -0.15) is 92.2 Å². The van der Waals surface area contributed by atoms with E-state index in [1.54, 1.807) is 30.6 Å². The summed E-state index contributed by atoms with van der Waals surface area (Å²) in [6.45, 7) is 17.6. The van der Waals surface area contributed by atoms with E-state index in [0.717, 1.165) is 129 Å². The number of amides is 4. The maximum absolute atomic E-state index is 13.1. The van der Waals surface area contributed by atoms with Crippen LogP contribution in [0.1, 0.15) is 150 Å². The molecule has 4 unspecified atom stereocenters. The number of alkyl halides is 21. The summed E-state index contributed by atoms with van der Waals surface area (Å²) in [5.74, 6) is -4.58. The first kappa shape index (κ1) is 103. The van der Waals surface area contributed by atoms with Crippen molar-refractivity contribution in [1.29, 1.82) is 0 Å². The molecule has 3 aromatic carbocycles. The Bertz CT molecular complexity index is 4320. The number of carbonyl (C=O) groups is 6. The van der Waals surface area contributed by atoms with Gasteiger partial charge in [0.15, 0.2) is 17.5 Å². The second-order valence-electron chi connectivity index (χ2n) is 27.8. The first-order chi connectivity index (χ1) is 53.8. The molecule has 6 heterocycles. The molecule has 0 radical (unpaired) electrons. The Morgan fingerprint density at radius 1 is 0.487 bits per heavy atom. The Hall–Kier alpha value is -10.6. The highest BCUT2D eigenvalue weighted by molar-refractivity contribution is 5.90. The van der Waals surface area contributed by atoms with Gasteiger partial charge in [-0.15, -0.1) is 15.3 Å². The summed E-state index contributed by atoms with van der Waals surface area (Å²) in [7, 11) is 0. The van der Waals surface area contributed by atoms with Crippen molar-refractivity contribution in [3.63, 3.8) is 0 Å². The molecule has 0 aliphatic carbocycles. The number of carboxylic acids is 1. The molecule has 119 heavy (non-hydrogen) atoms. The monoisotopic (exact) mass is 1730 g/mol. The van der Waals surface area contributed by atoms with Gasteiger partial charge in [-0.25, -0.2) is 43.4 Å². The van der Waals surface area contributed by atoms with Crippen LogP contribution in [-0.4, -0.2) is 171 Å². The predicted molar refractivity (Wildman–Crippen MR) is 393 cm³/mol. The molecule has 45 heteroatoms. The van der Waals surface area contributed by atoms with E-state index < -0.39 is 146 Å². The van der Waals surface area contributed by atoms with Crippen molar-refractivity contribution in [2.45, 2.75) is 170 Å². The van der Waals surface area contributed by atoms with E-state index in [1.807, 2.05) is 20.8 Å². The Labute approximate surface area is 671 Å². The maximum atomic E-state index is 13.1. The number of ketones is 1. The summed E-state index contributed by atoms with van der Waals surface area (Å²) in [6, 6.07) is 3.14. The van der Waals surface area contributed by atoms with Gasteiger partial charge in [0.1, 0.15) is 30.2 Å². The lowest BCUT2D eigenvalue weighted by molar-refractivity contribution is -0.170. The first-order valence-corrected chi connectivity index (χ1v) is 34.6. The largest absolute Gasteiger partial charge is 0.478 e. The third-order valence-corrected chi connectivity index (χ3v) is 15.9. The van der Waals surface area contributed by atoms with Crippen LogP contribution in [0.15, 0.2) is 91.8 Å². The number of hydrogen-bond donors (Lipinski definition) is 5. The zero-order valence-electron chi connectivity index (χ0n) is 63.5. The Kier molecular flexibility index (Phi) is 37.8. The molecule has 4 amide bonds. The van der Waals surface area contributed by atoms with Crippen molar-refractivity contribution in [1.82, 2.24) is 70.0 Å². The zero-order valence-corrected chi connectivity index (χ0v) is 62.5. The van der Waals surface area contributed by atoms with E-state index in [9.17, 15) is 121 Å². The van der Waals surface area contributed by atoms with Crippen molar-refractivity contribution in [3.8, 4) is 34.2 Å². The number of benzene rings is 3. The topological polar surface area (TPSA) is 302 Å². The molecular weight excluding hydrogens is 1640 g/mol. The van der Waals surface area contributed by atoms with Gasteiger partial charge in [-0.3, -0.25) is 14.4 Å². The van der Waals surface area contributed by atoms with Gasteiger partial charge < -0.3 is 46.1 Å². The van der Waals surface area contributed by atoms with E-state index in [4.69, 9.17) is 21.7 Å². The molecule has 0 saturated carbocycles. The number of rotatable bonds is 15. The van der Waals surface area contributed by atoms with Gasteiger partial charge in [0.2, 0.25) is 17.6 Å². The van der Waals surface area contributed by atoms with Gasteiger partial charge >= 0.3 is 61.4 Å². The molecule has 3 aromatic heterocycles. The third kappa shape index (κ3) is 36.2. The third-order valence-electron chi connectivity index (χ3n) is 15.9. The van der Waals surface area contributed by atoms with Crippen LogP contribution in [0.2, 0.25) is 0 Å². The van der Waals surface area contributed by atoms with Crippen LogP contribution in [-0.2, 0) is 65.7 Å². The number of aromatic nitrogens is 9. The number of piperidine rings is 3. The number of likely N-dealkylation sites (tertiary alicyclic amines) is 2. The quantitative estimate of drug-likeness (QED) is 0.0471. The second-order valence-corrected chi connectivity index (χ2v) is 27.8. The van der Waals surface area contributed by atoms with Gasteiger partial charge in [0.25, 0.3) is 0 Å². The lowest BCUT2D eigenvalue weighted by Gasteiger charge is -2.34. The standard InChI is InChI=1S/C24H27F6N5O3.C19H19F6N5O.C13H7F6N3O2.C11H22N2O2.C4H5F3O.3CH4/c1-22(2,3)38-21(37)34-7-4-5-15(13-34)12-31-19(36)6-8-35-14-32-20(33-35)16-9-17(23(25,26)27)11-18(10-16)24(28,29)30;20-18(21,22)14-6-13(7-15(8-14)19(23,24)25)17-28-11-30(29-17)5-3-16(31)27-10-12-2-1-4-26-9-12;14-12(15,16)8-3-7(4-9(5-8)13(17,18)19)11-20-6-22(21-11)2-1-10(23)24;1-11(2,3)15-10(14)13-6-4-5-9(7-12)8-13;1-2-3(8)4(5,6)7;;;/h6,8-11,14-15H,4-5,7,12-13H2,1-3H3,(H,31,36);3,5-8,11-12,26H,1-2,4,9-10H2,(H,27,31);1-6H,(H,23,24);9H,4-8,12H2,1-3H3;2H2,1H3;3*1H4/b8-6-;5-3-;2-1-;;;;;/i;;;;2D;;;. The van der Waals surface area contributed by atoms with Crippen LogP contribution in [0.25, 0.3) is 52.8 Å². The first-order valence-electron chi connectivity index (χ1n) is 35.2. The molecule has 3 aliphatic heterocycles. The number of Topliss-reactive ketones (excluding diaryl/α,β-unsaturated/α-hetero) is 1. The number of halogens is 21. The van der Waals surface area contributed by atoms with E-state index in [0.29, 0.717) is 80.5 Å². The van der Waals surface area contributed by atoms with Crippen molar-refractivity contribution < 1.29 is 137 Å². The molecule has 6 aromatic rings. The average molecular weight is 1740 g/mol. The predicted octanol–water partition coefficient (Wildman–Crippen LogP) is 17.4. The van der Waals surface area contributed by atoms with Gasteiger partial charge in [0, 0.05) is 101 Å². The van der Waals surface area contributed by atoms with Crippen molar-refractivity contribution in [3.05, 3.63) is 125 Å². The number of carboxylic acid groups (broad SMARTS) is 1. The Balaban J connectivity index is 0.000000538. The zero-order chi connectivity index (χ0) is 88.2.